The molecule has 26 heavy (non-hydrogen) atoms. The zero-order valence-electron chi connectivity index (χ0n) is 14.4. The highest BCUT2D eigenvalue weighted by Gasteiger charge is 2.17. The molecular formula is C18H19ClN2O5. The molecule has 2 aromatic carbocycles. The molecule has 7 nitrogen and oxygen atoms in total. The van der Waals surface area contributed by atoms with Crippen LogP contribution in [-0.2, 0) is 0 Å². The summed E-state index contributed by atoms with van der Waals surface area (Å²) in [5.74, 6) is 0.233. The number of amides is 1. The van der Waals surface area contributed by atoms with Gasteiger partial charge in [-0.1, -0.05) is 11.6 Å². The summed E-state index contributed by atoms with van der Waals surface area (Å²) in [6, 6.07) is 10.5. The van der Waals surface area contributed by atoms with Gasteiger partial charge in [-0.15, -0.1) is 0 Å². The van der Waals surface area contributed by atoms with Gasteiger partial charge in [0.05, 0.1) is 4.92 Å². The first kappa shape index (κ1) is 19.7. The summed E-state index contributed by atoms with van der Waals surface area (Å²) >= 11 is 5.95. The standard InChI is InChI=1S/C18H19ClN2O5/c1-12-9-16(7-8-17(12)19)26-11-15(22)10-20(2)18(23)13-3-5-14(6-4-13)21(24)25/h3-9,15,22H,10-11H2,1-2H3. The second-order valence-corrected chi connectivity index (χ2v) is 6.27. The molecule has 0 spiro atoms. The molecule has 1 N–H and O–H groups in total. The number of aliphatic hydroxyl groups is 1. The zero-order valence-corrected chi connectivity index (χ0v) is 15.1. The Morgan fingerprint density at radius 3 is 2.54 bits per heavy atom. The van der Waals surface area contributed by atoms with E-state index in [0.717, 1.165) is 5.56 Å². The third kappa shape index (κ3) is 5.18. The monoisotopic (exact) mass is 378 g/mol. The lowest BCUT2D eigenvalue weighted by Crippen LogP contribution is -2.37. The van der Waals surface area contributed by atoms with Crippen molar-refractivity contribution in [2.75, 3.05) is 20.2 Å². The lowest BCUT2D eigenvalue weighted by molar-refractivity contribution is -0.384. The number of nitro benzene ring substituents is 1. The molecule has 2 rings (SSSR count). The number of benzene rings is 2. The largest absolute Gasteiger partial charge is 0.491 e. The van der Waals surface area contributed by atoms with Crippen LogP contribution in [-0.4, -0.2) is 47.1 Å². The van der Waals surface area contributed by atoms with Gasteiger partial charge in [-0.2, -0.15) is 0 Å². The summed E-state index contributed by atoms with van der Waals surface area (Å²) in [7, 11) is 1.54. The number of aryl methyl sites for hydroxylation is 1. The first-order valence-corrected chi connectivity index (χ1v) is 8.22. The Labute approximate surface area is 155 Å². The van der Waals surface area contributed by atoms with Crippen LogP contribution in [0.25, 0.3) is 0 Å². The fourth-order valence-corrected chi connectivity index (χ4v) is 2.41. The van der Waals surface area contributed by atoms with Gasteiger partial charge in [-0.05, 0) is 42.8 Å². The van der Waals surface area contributed by atoms with Crippen LogP contribution < -0.4 is 4.74 Å². The van der Waals surface area contributed by atoms with Gasteiger partial charge in [0, 0.05) is 36.3 Å². The molecule has 0 aliphatic carbocycles. The van der Waals surface area contributed by atoms with Crippen molar-refractivity contribution in [3.05, 3.63) is 68.7 Å². The molecule has 1 atom stereocenters. The Hall–Kier alpha value is -2.64. The fraction of sp³-hybridized carbons (Fsp3) is 0.278. The third-order valence-corrected chi connectivity index (χ3v) is 4.15. The number of carbonyl (C=O) groups excluding carboxylic acids is 1. The summed E-state index contributed by atoms with van der Waals surface area (Å²) < 4.78 is 5.51. The number of likely N-dealkylation sites (N-methyl/N-ethyl adjacent to an activating group) is 1. The summed E-state index contributed by atoms with van der Waals surface area (Å²) in [6.45, 7) is 1.92. The van der Waals surface area contributed by atoms with E-state index in [4.69, 9.17) is 16.3 Å². The fourth-order valence-electron chi connectivity index (χ4n) is 2.30. The average Bonchev–Trinajstić information content (AvgIpc) is 2.62. The Kier molecular flexibility index (Phi) is 6.54. The summed E-state index contributed by atoms with van der Waals surface area (Å²) in [5, 5.41) is 21.4. The maximum Gasteiger partial charge on any atom is 0.269 e. The van der Waals surface area contributed by atoms with Gasteiger partial charge >= 0.3 is 0 Å². The number of hydrogen-bond acceptors (Lipinski definition) is 5. The molecule has 0 radical (unpaired) electrons. The van der Waals surface area contributed by atoms with Gasteiger partial charge in [0.15, 0.2) is 0 Å². The maximum atomic E-state index is 12.3. The number of nitrogens with zero attached hydrogens (tertiary/aromatic N) is 2. The highest BCUT2D eigenvalue weighted by Crippen LogP contribution is 2.21. The van der Waals surface area contributed by atoms with E-state index in [2.05, 4.69) is 0 Å². The molecule has 1 unspecified atom stereocenters. The lowest BCUT2D eigenvalue weighted by Gasteiger charge is -2.21. The second kappa shape index (κ2) is 8.64. The van der Waals surface area contributed by atoms with Gasteiger partial charge in [0.1, 0.15) is 18.5 Å². The topological polar surface area (TPSA) is 92.9 Å². The van der Waals surface area contributed by atoms with Crippen LogP contribution in [0.15, 0.2) is 42.5 Å². The van der Waals surface area contributed by atoms with Crippen LogP contribution in [0.4, 0.5) is 5.69 Å². The van der Waals surface area contributed by atoms with Crippen LogP contribution in [0.3, 0.4) is 0 Å². The molecule has 0 heterocycles. The van der Waals surface area contributed by atoms with Gasteiger partial charge in [0.2, 0.25) is 0 Å². The smallest absolute Gasteiger partial charge is 0.269 e. The minimum atomic E-state index is -0.891. The molecular weight excluding hydrogens is 360 g/mol. The number of nitro groups is 1. The van der Waals surface area contributed by atoms with Gasteiger partial charge in [-0.3, -0.25) is 14.9 Å². The van der Waals surface area contributed by atoms with Crippen molar-refractivity contribution in [2.45, 2.75) is 13.0 Å². The van der Waals surface area contributed by atoms with Crippen molar-refractivity contribution < 1.29 is 19.6 Å². The van der Waals surface area contributed by atoms with E-state index in [1.54, 1.807) is 25.2 Å². The molecule has 1 amide bonds. The third-order valence-electron chi connectivity index (χ3n) is 3.73. The SMILES string of the molecule is Cc1cc(OCC(O)CN(C)C(=O)c2ccc([N+](=O)[O-])cc2)ccc1Cl. The number of halogens is 1. The minimum absolute atomic E-state index is 0.0129. The summed E-state index contributed by atoms with van der Waals surface area (Å²) in [5.41, 5.74) is 1.08. The summed E-state index contributed by atoms with van der Waals surface area (Å²) in [4.78, 5) is 23.8. The van der Waals surface area contributed by atoms with Crippen molar-refractivity contribution in [1.29, 1.82) is 0 Å². The number of ether oxygens (including phenoxy) is 1. The normalized spacial score (nSPS) is 11.7. The maximum absolute atomic E-state index is 12.3. The van der Waals surface area contributed by atoms with Crippen LogP contribution in [0, 0.1) is 17.0 Å². The Morgan fingerprint density at radius 2 is 1.96 bits per heavy atom. The van der Waals surface area contributed by atoms with Crippen LogP contribution in [0.2, 0.25) is 5.02 Å². The van der Waals surface area contributed by atoms with Gasteiger partial charge in [0.25, 0.3) is 11.6 Å². The van der Waals surface area contributed by atoms with Crippen LogP contribution in [0.5, 0.6) is 5.75 Å². The van der Waals surface area contributed by atoms with E-state index >= 15 is 0 Å². The molecule has 0 bridgehead atoms. The highest BCUT2D eigenvalue weighted by atomic mass is 35.5. The average molecular weight is 379 g/mol. The van der Waals surface area contributed by atoms with E-state index in [1.165, 1.54) is 29.2 Å². The number of carbonyl (C=O) groups is 1. The number of rotatable bonds is 7. The first-order chi connectivity index (χ1) is 12.3. The molecule has 2 aromatic rings. The van der Waals surface area contributed by atoms with Gasteiger partial charge in [-0.25, -0.2) is 0 Å². The highest BCUT2D eigenvalue weighted by molar-refractivity contribution is 6.31. The molecule has 138 valence electrons. The van der Waals surface area contributed by atoms with E-state index in [0.29, 0.717) is 16.3 Å². The molecule has 0 saturated heterocycles. The quantitative estimate of drug-likeness (QED) is 0.590. The van der Waals surface area contributed by atoms with E-state index in [-0.39, 0.29) is 24.7 Å². The van der Waals surface area contributed by atoms with E-state index in [1.807, 2.05) is 6.92 Å². The van der Waals surface area contributed by atoms with Crippen molar-refractivity contribution in [3.63, 3.8) is 0 Å². The Morgan fingerprint density at radius 1 is 1.31 bits per heavy atom. The van der Waals surface area contributed by atoms with Crippen LogP contribution in [0.1, 0.15) is 15.9 Å². The predicted octanol–water partition coefficient (Wildman–Crippen LogP) is 3.07. The molecule has 0 aromatic heterocycles. The first-order valence-electron chi connectivity index (χ1n) is 7.85. The Bertz CT molecular complexity index is 795. The molecule has 0 aliphatic heterocycles. The predicted molar refractivity (Wildman–Crippen MR) is 97.7 cm³/mol. The minimum Gasteiger partial charge on any atom is -0.491 e. The molecule has 0 fully saturated rings. The molecule has 8 heteroatoms. The van der Waals surface area contributed by atoms with Crippen LogP contribution >= 0.6 is 11.6 Å². The second-order valence-electron chi connectivity index (χ2n) is 5.87. The van der Waals surface area contributed by atoms with E-state index < -0.39 is 11.0 Å². The molecule has 0 saturated carbocycles. The van der Waals surface area contributed by atoms with Gasteiger partial charge < -0.3 is 14.7 Å². The number of non-ortho nitro benzene ring substituents is 1. The van der Waals surface area contributed by atoms with Crippen molar-refractivity contribution >= 4 is 23.2 Å². The zero-order chi connectivity index (χ0) is 19.3. The Balaban J connectivity index is 1.88. The number of hydrogen-bond donors (Lipinski definition) is 1. The number of aliphatic hydroxyl groups excluding tert-OH is 1. The van der Waals surface area contributed by atoms with Crippen molar-refractivity contribution in [1.82, 2.24) is 4.90 Å². The summed E-state index contributed by atoms with van der Waals surface area (Å²) in [6.07, 6.45) is -0.891. The molecule has 0 aliphatic rings. The van der Waals surface area contributed by atoms with Crippen molar-refractivity contribution in [3.8, 4) is 5.75 Å². The van der Waals surface area contributed by atoms with E-state index in [9.17, 15) is 20.0 Å². The van der Waals surface area contributed by atoms with Crippen molar-refractivity contribution in [2.24, 2.45) is 0 Å². The lowest BCUT2D eigenvalue weighted by atomic mass is 10.2.